The van der Waals surface area contributed by atoms with Crippen LogP contribution in [0.3, 0.4) is 0 Å². The highest BCUT2D eigenvalue weighted by Gasteiger charge is 2.02. The average Bonchev–Trinajstić information content (AvgIpc) is 1.59. The van der Waals surface area contributed by atoms with Crippen LogP contribution < -0.4 is 5.73 Å². The highest BCUT2D eigenvalue weighted by Crippen LogP contribution is 1.86. The van der Waals surface area contributed by atoms with Crippen LogP contribution in [-0.2, 0) is 14.3 Å². The summed E-state index contributed by atoms with van der Waals surface area (Å²) >= 11 is 0. The molecule has 2 N–H and O–H groups in total. The molecule has 0 rings (SSSR count). The van der Waals surface area contributed by atoms with E-state index in [0.717, 1.165) is 6.26 Å². The van der Waals surface area contributed by atoms with Gasteiger partial charge in [0.15, 0.2) is 0 Å². The Bertz CT molecular complexity index is 161. The summed E-state index contributed by atoms with van der Waals surface area (Å²) in [4.78, 5) is 0. The van der Waals surface area contributed by atoms with Crippen LogP contribution >= 0.6 is 0 Å². The molecule has 0 bridgehead atoms. The van der Waals surface area contributed by atoms with Gasteiger partial charge in [-0.25, -0.2) is 0 Å². The molecule has 0 aliphatic carbocycles. The molecule has 0 saturated carbocycles. The van der Waals surface area contributed by atoms with E-state index in [2.05, 4.69) is 4.18 Å². The van der Waals surface area contributed by atoms with Crippen molar-refractivity contribution in [3.05, 3.63) is 0 Å². The van der Waals surface area contributed by atoms with Crippen molar-refractivity contribution in [3.63, 3.8) is 0 Å². The summed E-state index contributed by atoms with van der Waals surface area (Å²) in [6.45, 7) is 1.73. The van der Waals surface area contributed by atoms with Gasteiger partial charge < -0.3 is 5.73 Å². The molecule has 0 heterocycles. The Hall–Kier alpha value is -0.130. The first kappa shape index (κ1) is 8.87. The first-order valence-electron chi connectivity index (χ1n) is 2.52. The first-order chi connectivity index (χ1) is 3.92. The van der Waals surface area contributed by atoms with E-state index in [9.17, 15) is 8.42 Å². The minimum Gasteiger partial charge on any atom is -0.326 e. The predicted molar refractivity (Wildman–Crippen MR) is 34.4 cm³/mol. The Morgan fingerprint density at radius 3 is 2.22 bits per heavy atom. The topological polar surface area (TPSA) is 69.4 Å². The Kier molecular flexibility index (Phi) is 3.10. The van der Waals surface area contributed by atoms with Gasteiger partial charge in [-0.1, -0.05) is 0 Å². The highest BCUT2D eigenvalue weighted by molar-refractivity contribution is 7.85. The van der Waals surface area contributed by atoms with Crippen molar-refractivity contribution >= 4 is 10.1 Å². The third-order valence-electron chi connectivity index (χ3n) is 0.545. The number of rotatable bonds is 3. The summed E-state index contributed by atoms with van der Waals surface area (Å²) in [6.07, 6.45) is 0.995. The van der Waals surface area contributed by atoms with Crippen LogP contribution in [0.15, 0.2) is 0 Å². The van der Waals surface area contributed by atoms with Crippen LogP contribution in [-0.4, -0.2) is 27.3 Å². The molecule has 0 saturated heterocycles. The molecule has 1 unspecified atom stereocenters. The Morgan fingerprint density at radius 2 is 2.11 bits per heavy atom. The summed E-state index contributed by atoms with van der Waals surface area (Å²) < 4.78 is 24.9. The molecule has 0 fully saturated rings. The fourth-order valence-corrected chi connectivity index (χ4v) is 0.693. The lowest BCUT2D eigenvalue weighted by atomic mass is 10.4. The third kappa shape index (κ3) is 7.87. The van der Waals surface area contributed by atoms with Gasteiger partial charge in [-0.2, -0.15) is 8.42 Å². The monoisotopic (exact) mass is 153 g/mol. The maximum atomic E-state index is 10.3. The van der Waals surface area contributed by atoms with Crippen molar-refractivity contribution in [3.8, 4) is 0 Å². The molecular weight excluding hydrogens is 142 g/mol. The minimum absolute atomic E-state index is 0.0544. The number of hydrogen-bond acceptors (Lipinski definition) is 4. The molecule has 5 heteroatoms. The van der Waals surface area contributed by atoms with Crippen molar-refractivity contribution in [1.29, 1.82) is 0 Å². The minimum atomic E-state index is -3.30. The fraction of sp³-hybridized carbons (Fsp3) is 1.00. The molecule has 0 aliphatic rings. The van der Waals surface area contributed by atoms with E-state index in [1.54, 1.807) is 6.92 Å². The van der Waals surface area contributed by atoms with Crippen molar-refractivity contribution < 1.29 is 12.6 Å². The molecule has 0 aromatic rings. The van der Waals surface area contributed by atoms with E-state index in [0.29, 0.717) is 0 Å². The lowest BCUT2D eigenvalue weighted by Crippen LogP contribution is -2.23. The summed E-state index contributed by atoms with van der Waals surface area (Å²) in [6, 6.07) is -0.236. The van der Waals surface area contributed by atoms with E-state index in [1.165, 1.54) is 0 Å². The Morgan fingerprint density at radius 1 is 1.67 bits per heavy atom. The fourth-order valence-electron chi connectivity index (χ4n) is 0.231. The smallest absolute Gasteiger partial charge is 0.264 e. The molecule has 56 valence electrons. The van der Waals surface area contributed by atoms with Crippen LogP contribution in [0, 0.1) is 0 Å². The molecule has 9 heavy (non-hydrogen) atoms. The van der Waals surface area contributed by atoms with Gasteiger partial charge in [-0.3, -0.25) is 4.18 Å². The Labute approximate surface area is 55.1 Å². The SMILES string of the molecule is CC(N)COS(C)(=O)=O. The van der Waals surface area contributed by atoms with Crippen LogP contribution in [0.1, 0.15) is 6.92 Å². The van der Waals surface area contributed by atoms with Crippen molar-refractivity contribution in [1.82, 2.24) is 0 Å². The van der Waals surface area contributed by atoms with Gasteiger partial charge in [-0.05, 0) is 6.92 Å². The molecule has 0 aliphatic heterocycles. The molecule has 1 atom stereocenters. The maximum Gasteiger partial charge on any atom is 0.264 e. The van der Waals surface area contributed by atoms with E-state index in [1.807, 2.05) is 0 Å². The normalized spacial score (nSPS) is 15.4. The van der Waals surface area contributed by atoms with Gasteiger partial charge in [0.25, 0.3) is 10.1 Å². The molecule has 0 aromatic carbocycles. The second-order valence-electron chi connectivity index (χ2n) is 1.97. The van der Waals surface area contributed by atoms with E-state index >= 15 is 0 Å². The van der Waals surface area contributed by atoms with Crippen molar-refractivity contribution in [2.45, 2.75) is 13.0 Å². The van der Waals surface area contributed by atoms with E-state index in [4.69, 9.17) is 5.73 Å². The van der Waals surface area contributed by atoms with Crippen LogP contribution in [0.5, 0.6) is 0 Å². The molecule has 0 aromatic heterocycles. The summed E-state index contributed by atoms with van der Waals surface area (Å²) in [5.41, 5.74) is 5.21. The van der Waals surface area contributed by atoms with Crippen LogP contribution in [0.2, 0.25) is 0 Å². The van der Waals surface area contributed by atoms with Gasteiger partial charge in [0.05, 0.1) is 12.9 Å². The Balaban J connectivity index is 3.53. The lowest BCUT2D eigenvalue weighted by molar-refractivity contribution is 0.302. The van der Waals surface area contributed by atoms with E-state index < -0.39 is 10.1 Å². The predicted octanol–water partition coefficient (Wildman–Crippen LogP) is -0.690. The highest BCUT2D eigenvalue weighted by atomic mass is 32.2. The van der Waals surface area contributed by atoms with Gasteiger partial charge in [0.1, 0.15) is 0 Å². The summed E-state index contributed by atoms with van der Waals surface area (Å²) in [5, 5.41) is 0. The largest absolute Gasteiger partial charge is 0.326 e. The van der Waals surface area contributed by atoms with Gasteiger partial charge in [-0.15, -0.1) is 0 Å². The van der Waals surface area contributed by atoms with Crippen molar-refractivity contribution in [2.24, 2.45) is 5.73 Å². The zero-order valence-corrected chi connectivity index (χ0v) is 6.31. The van der Waals surface area contributed by atoms with Crippen LogP contribution in [0.4, 0.5) is 0 Å². The number of nitrogens with two attached hydrogens (primary N) is 1. The van der Waals surface area contributed by atoms with Crippen LogP contribution in [0.25, 0.3) is 0 Å². The molecule has 0 spiro atoms. The molecule has 0 amide bonds. The maximum absolute atomic E-state index is 10.3. The third-order valence-corrected chi connectivity index (χ3v) is 1.11. The van der Waals surface area contributed by atoms with Gasteiger partial charge >= 0.3 is 0 Å². The summed E-state index contributed by atoms with van der Waals surface area (Å²) in [7, 11) is -3.30. The molecule has 0 radical (unpaired) electrons. The molecule has 4 nitrogen and oxygen atoms in total. The quantitative estimate of drug-likeness (QED) is 0.545. The van der Waals surface area contributed by atoms with Crippen molar-refractivity contribution in [2.75, 3.05) is 12.9 Å². The zero-order chi connectivity index (χ0) is 7.49. The number of hydrogen-bond donors (Lipinski definition) is 1. The summed E-state index contributed by atoms with van der Waals surface area (Å²) in [5.74, 6) is 0. The molecular formula is C4H11NO3S. The zero-order valence-electron chi connectivity index (χ0n) is 5.49. The van der Waals surface area contributed by atoms with Gasteiger partial charge in [0, 0.05) is 6.04 Å². The standard InChI is InChI=1S/C4H11NO3S/c1-4(5)3-8-9(2,6)7/h4H,3,5H2,1-2H3. The average molecular weight is 153 g/mol. The second kappa shape index (κ2) is 3.14. The van der Waals surface area contributed by atoms with Gasteiger partial charge in [0.2, 0.25) is 0 Å². The van der Waals surface area contributed by atoms with E-state index in [-0.39, 0.29) is 12.6 Å². The second-order valence-corrected chi connectivity index (χ2v) is 3.61. The first-order valence-corrected chi connectivity index (χ1v) is 4.33. The lowest BCUT2D eigenvalue weighted by Gasteiger charge is -2.02.